The first-order valence-corrected chi connectivity index (χ1v) is 5.89. The zero-order valence-electron chi connectivity index (χ0n) is 10.1. The zero-order valence-corrected chi connectivity index (χ0v) is 10.1. The van der Waals surface area contributed by atoms with Gasteiger partial charge in [0.15, 0.2) is 0 Å². The molecule has 2 heteroatoms. The quantitative estimate of drug-likeness (QED) is 0.628. The largest absolute Gasteiger partial charge is 0.457 e. The van der Waals surface area contributed by atoms with Crippen LogP contribution in [0.2, 0.25) is 0 Å². The Morgan fingerprint density at radius 1 is 1.00 bits per heavy atom. The Balaban J connectivity index is 2.01. The van der Waals surface area contributed by atoms with Gasteiger partial charge in [0.05, 0.1) is 0 Å². The Morgan fingerprint density at radius 2 is 1.78 bits per heavy atom. The molecule has 0 bridgehead atoms. The highest BCUT2D eigenvalue weighted by Crippen LogP contribution is 2.23. The summed E-state index contributed by atoms with van der Waals surface area (Å²) < 4.78 is 5.74. The highest BCUT2D eigenvalue weighted by Gasteiger charge is 1.98. The molecule has 0 aliphatic rings. The monoisotopic (exact) mass is 237 g/mol. The second-order valence-electron chi connectivity index (χ2n) is 3.82. The van der Waals surface area contributed by atoms with Crippen LogP contribution in [-0.2, 0) is 0 Å². The first-order chi connectivity index (χ1) is 8.88. The summed E-state index contributed by atoms with van der Waals surface area (Å²) in [6, 6.07) is 17.6. The van der Waals surface area contributed by atoms with Crippen molar-refractivity contribution >= 4 is 5.69 Å². The molecule has 0 aliphatic heterocycles. The van der Waals surface area contributed by atoms with Gasteiger partial charge in [-0.2, -0.15) is 0 Å². The lowest BCUT2D eigenvalue weighted by Crippen LogP contribution is -1.99. The van der Waals surface area contributed by atoms with Gasteiger partial charge in [-0.15, -0.1) is 12.3 Å². The standard InChI is InChI=1S/C16H15NO/c1-2-3-12-17-14-8-7-11-16(13-14)18-15-9-5-4-6-10-15/h1,4-11,13,17H,3,12H2. The van der Waals surface area contributed by atoms with E-state index in [4.69, 9.17) is 11.2 Å². The van der Waals surface area contributed by atoms with Gasteiger partial charge in [0.2, 0.25) is 0 Å². The number of hydrogen-bond acceptors (Lipinski definition) is 2. The Bertz CT molecular complexity index is 528. The van der Waals surface area contributed by atoms with Crippen LogP contribution in [0.15, 0.2) is 54.6 Å². The highest BCUT2D eigenvalue weighted by molar-refractivity contribution is 5.49. The predicted molar refractivity (Wildman–Crippen MR) is 74.9 cm³/mol. The molecule has 0 aromatic heterocycles. The summed E-state index contributed by atoms with van der Waals surface area (Å²) in [6.45, 7) is 0.769. The molecular formula is C16H15NO. The van der Waals surface area contributed by atoms with Gasteiger partial charge in [-0.25, -0.2) is 0 Å². The number of nitrogens with one attached hydrogen (secondary N) is 1. The van der Waals surface area contributed by atoms with E-state index in [1.807, 2.05) is 54.6 Å². The summed E-state index contributed by atoms with van der Waals surface area (Å²) in [5.74, 6) is 4.24. The number of ether oxygens (including phenoxy) is 1. The van der Waals surface area contributed by atoms with E-state index in [0.29, 0.717) is 6.42 Å². The molecule has 2 nitrogen and oxygen atoms in total. The molecule has 18 heavy (non-hydrogen) atoms. The van der Waals surface area contributed by atoms with Crippen LogP contribution in [-0.4, -0.2) is 6.54 Å². The molecule has 0 aliphatic carbocycles. The minimum absolute atomic E-state index is 0.712. The number of rotatable bonds is 5. The molecule has 0 spiro atoms. The number of benzene rings is 2. The van der Waals surface area contributed by atoms with E-state index in [0.717, 1.165) is 23.7 Å². The minimum Gasteiger partial charge on any atom is -0.457 e. The first-order valence-electron chi connectivity index (χ1n) is 5.89. The Kier molecular flexibility index (Phi) is 4.27. The maximum Gasteiger partial charge on any atom is 0.129 e. The van der Waals surface area contributed by atoms with E-state index in [1.54, 1.807) is 0 Å². The fraction of sp³-hybridized carbons (Fsp3) is 0.125. The molecule has 0 atom stereocenters. The zero-order chi connectivity index (χ0) is 12.6. The molecule has 0 heterocycles. The molecule has 2 rings (SSSR count). The van der Waals surface area contributed by atoms with Gasteiger partial charge in [0, 0.05) is 24.7 Å². The summed E-state index contributed by atoms with van der Waals surface area (Å²) in [7, 11) is 0. The van der Waals surface area contributed by atoms with Gasteiger partial charge in [-0.05, 0) is 24.3 Å². The molecule has 2 aromatic rings. The highest BCUT2D eigenvalue weighted by atomic mass is 16.5. The molecule has 0 unspecified atom stereocenters. The van der Waals surface area contributed by atoms with Crippen molar-refractivity contribution in [2.24, 2.45) is 0 Å². The molecule has 0 saturated carbocycles. The lowest BCUT2D eigenvalue weighted by Gasteiger charge is -2.08. The van der Waals surface area contributed by atoms with Crippen molar-refractivity contribution < 1.29 is 4.74 Å². The molecule has 90 valence electrons. The van der Waals surface area contributed by atoms with Crippen molar-refractivity contribution in [3.05, 3.63) is 54.6 Å². The van der Waals surface area contributed by atoms with Crippen LogP contribution < -0.4 is 10.1 Å². The van der Waals surface area contributed by atoms with Crippen molar-refractivity contribution in [3.63, 3.8) is 0 Å². The third-order valence-electron chi connectivity index (χ3n) is 2.41. The van der Waals surface area contributed by atoms with Gasteiger partial charge in [0.1, 0.15) is 11.5 Å². The van der Waals surface area contributed by atoms with Gasteiger partial charge in [-0.3, -0.25) is 0 Å². The second kappa shape index (κ2) is 6.36. The average Bonchev–Trinajstić information content (AvgIpc) is 2.41. The van der Waals surface area contributed by atoms with Crippen LogP contribution in [0, 0.1) is 12.3 Å². The van der Waals surface area contributed by atoms with E-state index in [1.165, 1.54) is 0 Å². The number of para-hydroxylation sites is 1. The first kappa shape index (κ1) is 12.1. The summed E-state index contributed by atoms with van der Waals surface area (Å²) >= 11 is 0. The topological polar surface area (TPSA) is 21.3 Å². The number of anilines is 1. The van der Waals surface area contributed by atoms with Gasteiger partial charge in [-0.1, -0.05) is 24.3 Å². The van der Waals surface area contributed by atoms with Crippen LogP contribution in [0.4, 0.5) is 5.69 Å². The van der Waals surface area contributed by atoms with Crippen LogP contribution in [0.3, 0.4) is 0 Å². The van der Waals surface area contributed by atoms with Gasteiger partial charge >= 0.3 is 0 Å². The van der Waals surface area contributed by atoms with Gasteiger partial charge in [0.25, 0.3) is 0 Å². The van der Waals surface area contributed by atoms with Crippen LogP contribution >= 0.6 is 0 Å². The number of terminal acetylenes is 1. The lowest BCUT2D eigenvalue weighted by atomic mass is 10.3. The van der Waals surface area contributed by atoms with E-state index < -0.39 is 0 Å². The minimum atomic E-state index is 0.712. The third-order valence-corrected chi connectivity index (χ3v) is 2.41. The maximum absolute atomic E-state index is 5.74. The predicted octanol–water partition coefficient (Wildman–Crippen LogP) is 3.91. The summed E-state index contributed by atoms with van der Waals surface area (Å²) in [4.78, 5) is 0. The number of hydrogen-bond donors (Lipinski definition) is 1. The van der Waals surface area contributed by atoms with Crippen LogP contribution in [0.1, 0.15) is 6.42 Å². The van der Waals surface area contributed by atoms with Gasteiger partial charge < -0.3 is 10.1 Å². The fourth-order valence-corrected chi connectivity index (χ4v) is 1.57. The summed E-state index contributed by atoms with van der Waals surface area (Å²) in [6.07, 6.45) is 5.92. The smallest absolute Gasteiger partial charge is 0.129 e. The molecular weight excluding hydrogens is 222 g/mol. The molecule has 0 saturated heterocycles. The normalized spacial score (nSPS) is 9.50. The SMILES string of the molecule is C#CCCNc1cccc(Oc2ccccc2)c1. The van der Waals surface area contributed by atoms with Crippen molar-refractivity contribution in [1.82, 2.24) is 0 Å². The average molecular weight is 237 g/mol. The van der Waals surface area contributed by atoms with E-state index >= 15 is 0 Å². The summed E-state index contributed by atoms with van der Waals surface area (Å²) in [5, 5.41) is 3.25. The van der Waals surface area contributed by atoms with Crippen LogP contribution in [0.5, 0.6) is 11.5 Å². The molecule has 1 N–H and O–H groups in total. The third kappa shape index (κ3) is 3.57. The van der Waals surface area contributed by atoms with Crippen molar-refractivity contribution in [1.29, 1.82) is 0 Å². The Labute approximate surface area is 108 Å². The maximum atomic E-state index is 5.74. The molecule has 0 radical (unpaired) electrons. The van der Waals surface area contributed by atoms with Crippen molar-refractivity contribution in [3.8, 4) is 23.8 Å². The second-order valence-corrected chi connectivity index (χ2v) is 3.82. The fourth-order valence-electron chi connectivity index (χ4n) is 1.57. The van der Waals surface area contributed by atoms with E-state index in [9.17, 15) is 0 Å². The Morgan fingerprint density at radius 3 is 2.56 bits per heavy atom. The van der Waals surface area contributed by atoms with E-state index in [2.05, 4.69) is 11.2 Å². The molecule has 0 fully saturated rings. The Hall–Kier alpha value is -2.40. The lowest BCUT2D eigenvalue weighted by molar-refractivity contribution is 0.483. The van der Waals surface area contributed by atoms with Crippen molar-refractivity contribution in [2.75, 3.05) is 11.9 Å². The van der Waals surface area contributed by atoms with E-state index in [-0.39, 0.29) is 0 Å². The van der Waals surface area contributed by atoms with Crippen molar-refractivity contribution in [2.45, 2.75) is 6.42 Å². The van der Waals surface area contributed by atoms with Crippen LogP contribution in [0.25, 0.3) is 0 Å². The molecule has 2 aromatic carbocycles. The summed E-state index contributed by atoms with van der Waals surface area (Å²) in [5.41, 5.74) is 1.01. The molecule has 0 amide bonds.